The topological polar surface area (TPSA) is 49.4 Å². The van der Waals surface area contributed by atoms with Crippen molar-refractivity contribution < 1.29 is 9.59 Å². The van der Waals surface area contributed by atoms with E-state index in [1.54, 1.807) is 19.0 Å². The highest BCUT2D eigenvalue weighted by Gasteiger charge is 2.05. The van der Waals surface area contributed by atoms with Gasteiger partial charge in [-0.25, -0.2) is 0 Å². The van der Waals surface area contributed by atoms with Gasteiger partial charge in [0.05, 0.1) is 0 Å². The smallest absolute Gasteiger partial charge is 0.224 e. The van der Waals surface area contributed by atoms with Gasteiger partial charge < -0.3 is 10.2 Å². The van der Waals surface area contributed by atoms with Gasteiger partial charge in [0.25, 0.3) is 0 Å². The standard InChI is InChI=1S/C15H22N2O2/c1-4-5-14(18)16-13-9-6-12(7-10-13)8-11-15(19)17(2)3/h6-7,9-10H,4-5,8,11H2,1-3H3,(H,16,18). The molecule has 0 aliphatic rings. The minimum absolute atomic E-state index is 0.0398. The van der Waals surface area contributed by atoms with Crippen LogP contribution in [0.25, 0.3) is 0 Å². The Balaban J connectivity index is 2.47. The molecule has 2 amide bonds. The number of nitrogens with one attached hydrogen (secondary N) is 1. The molecule has 0 aromatic heterocycles. The molecule has 19 heavy (non-hydrogen) atoms. The van der Waals surface area contributed by atoms with Crippen molar-refractivity contribution in [2.45, 2.75) is 32.6 Å². The second-order valence-corrected chi connectivity index (χ2v) is 4.78. The summed E-state index contributed by atoms with van der Waals surface area (Å²) in [6, 6.07) is 7.65. The predicted octanol–water partition coefficient (Wildman–Crippen LogP) is 2.45. The number of carbonyl (C=O) groups excluding carboxylic acids is 2. The maximum Gasteiger partial charge on any atom is 0.224 e. The highest BCUT2D eigenvalue weighted by Crippen LogP contribution is 2.12. The van der Waals surface area contributed by atoms with Crippen LogP contribution >= 0.6 is 0 Å². The molecule has 1 aromatic carbocycles. The van der Waals surface area contributed by atoms with Gasteiger partial charge in [-0.1, -0.05) is 19.1 Å². The number of carbonyl (C=O) groups is 2. The van der Waals surface area contributed by atoms with Crippen LogP contribution < -0.4 is 5.32 Å². The molecule has 1 aromatic rings. The Labute approximate surface area is 114 Å². The molecule has 0 heterocycles. The lowest BCUT2D eigenvalue weighted by atomic mass is 10.1. The highest BCUT2D eigenvalue weighted by atomic mass is 16.2. The molecule has 4 heteroatoms. The van der Waals surface area contributed by atoms with E-state index in [-0.39, 0.29) is 11.8 Å². The number of hydrogen-bond acceptors (Lipinski definition) is 2. The zero-order valence-electron chi connectivity index (χ0n) is 11.9. The maximum absolute atomic E-state index is 11.5. The van der Waals surface area contributed by atoms with Crippen LogP contribution in [0.3, 0.4) is 0 Å². The summed E-state index contributed by atoms with van der Waals surface area (Å²) in [5, 5.41) is 2.84. The molecule has 0 radical (unpaired) electrons. The van der Waals surface area contributed by atoms with Crippen LogP contribution in [0.2, 0.25) is 0 Å². The minimum atomic E-state index is 0.0398. The lowest BCUT2D eigenvalue weighted by Crippen LogP contribution is -2.21. The third-order valence-corrected chi connectivity index (χ3v) is 2.84. The molecule has 1 rings (SSSR count). The molecule has 0 saturated carbocycles. The molecular weight excluding hydrogens is 240 g/mol. The Morgan fingerprint density at radius 2 is 1.74 bits per heavy atom. The van der Waals surface area contributed by atoms with Gasteiger partial charge >= 0.3 is 0 Å². The van der Waals surface area contributed by atoms with Crippen molar-refractivity contribution >= 4 is 17.5 Å². The Morgan fingerprint density at radius 1 is 1.11 bits per heavy atom. The average Bonchev–Trinajstić information content (AvgIpc) is 2.37. The van der Waals surface area contributed by atoms with Crippen LogP contribution in [0.5, 0.6) is 0 Å². The Morgan fingerprint density at radius 3 is 2.26 bits per heavy atom. The summed E-state index contributed by atoms with van der Waals surface area (Å²) in [6.45, 7) is 1.98. The van der Waals surface area contributed by atoms with E-state index in [0.717, 1.165) is 24.1 Å². The summed E-state index contributed by atoms with van der Waals surface area (Å²) in [5.41, 5.74) is 1.91. The number of aryl methyl sites for hydroxylation is 1. The van der Waals surface area contributed by atoms with E-state index in [0.29, 0.717) is 12.8 Å². The van der Waals surface area contributed by atoms with Gasteiger partial charge in [0.1, 0.15) is 0 Å². The highest BCUT2D eigenvalue weighted by molar-refractivity contribution is 5.90. The molecular formula is C15H22N2O2. The Kier molecular flexibility index (Phi) is 6.06. The molecule has 0 fully saturated rings. The second kappa shape index (κ2) is 7.56. The fraction of sp³-hybridized carbons (Fsp3) is 0.467. The summed E-state index contributed by atoms with van der Waals surface area (Å²) in [4.78, 5) is 24.5. The molecule has 0 aliphatic carbocycles. The van der Waals surface area contributed by atoms with Gasteiger partial charge in [-0.15, -0.1) is 0 Å². The summed E-state index contributed by atoms with van der Waals surface area (Å²) in [7, 11) is 3.52. The summed E-state index contributed by atoms with van der Waals surface area (Å²) < 4.78 is 0. The van der Waals surface area contributed by atoms with E-state index in [9.17, 15) is 9.59 Å². The third kappa shape index (κ3) is 5.55. The molecule has 0 atom stereocenters. The average molecular weight is 262 g/mol. The molecule has 0 unspecified atom stereocenters. The Bertz CT molecular complexity index is 424. The number of rotatable bonds is 6. The normalized spacial score (nSPS) is 10.1. The number of anilines is 1. The van der Waals surface area contributed by atoms with Crippen LogP contribution in [0.1, 0.15) is 31.7 Å². The van der Waals surface area contributed by atoms with Crippen LogP contribution in [-0.2, 0) is 16.0 Å². The van der Waals surface area contributed by atoms with E-state index < -0.39 is 0 Å². The molecule has 4 nitrogen and oxygen atoms in total. The first-order valence-electron chi connectivity index (χ1n) is 6.62. The largest absolute Gasteiger partial charge is 0.349 e. The molecule has 1 N–H and O–H groups in total. The van der Waals surface area contributed by atoms with Crippen molar-refractivity contribution in [2.24, 2.45) is 0 Å². The number of hydrogen-bond donors (Lipinski definition) is 1. The first-order chi connectivity index (χ1) is 9.02. The van der Waals surface area contributed by atoms with Crippen molar-refractivity contribution in [3.8, 4) is 0 Å². The van der Waals surface area contributed by atoms with Crippen molar-refractivity contribution in [3.05, 3.63) is 29.8 Å². The van der Waals surface area contributed by atoms with Crippen LogP contribution in [-0.4, -0.2) is 30.8 Å². The first kappa shape index (κ1) is 15.2. The fourth-order valence-corrected chi connectivity index (χ4v) is 1.68. The SMILES string of the molecule is CCCC(=O)Nc1ccc(CCC(=O)N(C)C)cc1. The van der Waals surface area contributed by atoms with Crippen molar-refractivity contribution in [3.63, 3.8) is 0 Å². The van der Waals surface area contributed by atoms with E-state index in [1.165, 1.54) is 0 Å². The summed E-state index contributed by atoms with van der Waals surface area (Å²) >= 11 is 0. The van der Waals surface area contributed by atoms with Gasteiger partial charge in [-0.05, 0) is 30.5 Å². The fourth-order valence-electron chi connectivity index (χ4n) is 1.68. The minimum Gasteiger partial charge on any atom is -0.349 e. The lowest BCUT2D eigenvalue weighted by Gasteiger charge is -2.10. The zero-order valence-corrected chi connectivity index (χ0v) is 11.9. The first-order valence-corrected chi connectivity index (χ1v) is 6.62. The van der Waals surface area contributed by atoms with Crippen molar-refractivity contribution in [1.29, 1.82) is 0 Å². The Hall–Kier alpha value is -1.84. The predicted molar refractivity (Wildman–Crippen MR) is 77.0 cm³/mol. The van der Waals surface area contributed by atoms with Gasteiger partial charge in [0.15, 0.2) is 0 Å². The third-order valence-electron chi connectivity index (χ3n) is 2.84. The quantitative estimate of drug-likeness (QED) is 0.856. The summed E-state index contributed by atoms with van der Waals surface area (Å²) in [5.74, 6) is 0.165. The summed E-state index contributed by atoms with van der Waals surface area (Å²) in [6.07, 6.45) is 2.62. The lowest BCUT2D eigenvalue weighted by molar-refractivity contribution is -0.128. The van der Waals surface area contributed by atoms with E-state index in [4.69, 9.17) is 0 Å². The number of benzene rings is 1. The van der Waals surface area contributed by atoms with E-state index in [2.05, 4.69) is 5.32 Å². The molecule has 0 aliphatic heterocycles. The van der Waals surface area contributed by atoms with E-state index >= 15 is 0 Å². The zero-order chi connectivity index (χ0) is 14.3. The molecule has 0 bridgehead atoms. The van der Waals surface area contributed by atoms with Gasteiger partial charge in [-0.2, -0.15) is 0 Å². The van der Waals surface area contributed by atoms with Gasteiger partial charge in [-0.3, -0.25) is 9.59 Å². The van der Waals surface area contributed by atoms with Gasteiger partial charge in [0, 0.05) is 32.6 Å². The molecule has 0 spiro atoms. The number of nitrogens with zero attached hydrogens (tertiary/aromatic N) is 1. The molecule has 0 saturated heterocycles. The van der Waals surface area contributed by atoms with Gasteiger partial charge in [0.2, 0.25) is 11.8 Å². The monoisotopic (exact) mass is 262 g/mol. The van der Waals surface area contributed by atoms with Crippen molar-refractivity contribution in [1.82, 2.24) is 4.90 Å². The number of amides is 2. The van der Waals surface area contributed by atoms with Crippen molar-refractivity contribution in [2.75, 3.05) is 19.4 Å². The maximum atomic E-state index is 11.5. The van der Waals surface area contributed by atoms with Crippen LogP contribution in [0.15, 0.2) is 24.3 Å². The van der Waals surface area contributed by atoms with Crippen LogP contribution in [0.4, 0.5) is 5.69 Å². The molecule has 104 valence electrons. The second-order valence-electron chi connectivity index (χ2n) is 4.78. The van der Waals surface area contributed by atoms with E-state index in [1.807, 2.05) is 31.2 Å². The van der Waals surface area contributed by atoms with Crippen LogP contribution in [0, 0.1) is 0 Å².